The molecule has 0 saturated heterocycles. The zero-order chi connectivity index (χ0) is 19.5. The van der Waals surface area contributed by atoms with Gasteiger partial charge in [0.1, 0.15) is 0 Å². The van der Waals surface area contributed by atoms with Crippen LogP contribution in [0.4, 0.5) is 4.79 Å². The van der Waals surface area contributed by atoms with Gasteiger partial charge in [-0.2, -0.15) is 0 Å². The van der Waals surface area contributed by atoms with Crippen molar-refractivity contribution in [3.8, 4) is 10.8 Å². The Bertz CT molecular complexity index is 857. The molecule has 0 unspecified atom stereocenters. The molecule has 2 heterocycles. The molecule has 1 saturated carbocycles. The summed E-state index contributed by atoms with van der Waals surface area (Å²) in [6.07, 6.45) is 7.64. The quantitative estimate of drug-likeness (QED) is 0.715. The molecule has 0 aliphatic heterocycles. The molecule has 2 aromatic rings. The SMILES string of the molecule is C[C@H]1CCc2sc(-c3nnc(SCC(=O)NC(=O)NC4CCCC4)o3)cc2C1. The number of thioether (sulfide) groups is 1. The maximum absolute atomic E-state index is 12.0. The number of carbonyl (C=O) groups is 2. The van der Waals surface area contributed by atoms with Crippen LogP contribution in [0, 0.1) is 5.92 Å². The van der Waals surface area contributed by atoms with E-state index in [0.717, 1.165) is 55.2 Å². The standard InChI is InChI=1S/C19H24N4O3S2/c1-11-6-7-14-12(8-11)9-15(28-14)17-22-23-19(26-17)27-10-16(24)21-18(25)20-13-4-2-3-5-13/h9,11,13H,2-8,10H2,1H3,(H2,20,21,24,25)/t11-/m0/s1. The minimum atomic E-state index is -0.429. The number of aryl methyl sites for hydroxylation is 1. The van der Waals surface area contributed by atoms with Crippen molar-refractivity contribution >= 4 is 35.0 Å². The number of fused-ring (bicyclic) bond motifs is 1. The van der Waals surface area contributed by atoms with Crippen LogP contribution < -0.4 is 10.6 Å². The molecule has 1 fully saturated rings. The lowest BCUT2D eigenvalue weighted by atomic mass is 9.90. The lowest BCUT2D eigenvalue weighted by Crippen LogP contribution is -2.44. The zero-order valence-electron chi connectivity index (χ0n) is 15.8. The number of thiophene rings is 1. The fourth-order valence-electron chi connectivity index (χ4n) is 3.76. The fraction of sp³-hybridized carbons (Fsp3) is 0.579. The lowest BCUT2D eigenvalue weighted by Gasteiger charge is -2.16. The molecule has 2 aromatic heterocycles. The summed E-state index contributed by atoms with van der Waals surface area (Å²) in [5.41, 5.74) is 1.39. The van der Waals surface area contributed by atoms with E-state index in [9.17, 15) is 9.59 Å². The first kappa shape index (κ1) is 19.4. The van der Waals surface area contributed by atoms with Crippen molar-refractivity contribution < 1.29 is 14.0 Å². The summed E-state index contributed by atoms with van der Waals surface area (Å²) in [4.78, 5) is 26.2. The topological polar surface area (TPSA) is 97.1 Å². The van der Waals surface area contributed by atoms with Gasteiger partial charge in [-0.05, 0) is 49.7 Å². The van der Waals surface area contributed by atoms with E-state index in [2.05, 4.69) is 33.8 Å². The first-order valence-corrected chi connectivity index (χ1v) is 11.6. The highest BCUT2D eigenvalue weighted by molar-refractivity contribution is 7.99. The highest BCUT2D eigenvalue weighted by Gasteiger charge is 2.22. The van der Waals surface area contributed by atoms with Gasteiger partial charge < -0.3 is 9.73 Å². The number of hydrogen-bond acceptors (Lipinski definition) is 7. The molecule has 3 amide bonds. The Morgan fingerprint density at radius 1 is 1.29 bits per heavy atom. The van der Waals surface area contributed by atoms with Crippen LogP contribution >= 0.6 is 23.1 Å². The van der Waals surface area contributed by atoms with Crippen LogP contribution in [-0.4, -0.2) is 33.9 Å². The molecule has 0 radical (unpaired) electrons. The molecule has 150 valence electrons. The largest absolute Gasteiger partial charge is 0.410 e. The number of aromatic nitrogens is 2. The molecule has 2 aliphatic carbocycles. The normalized spacial score (nSPS) is 19.4. The van der Waals surface area contributed by atoms with E-state index in [1.807, 2.05) is 0 Å². The van der Waals surface area contributed by atoms with Gasteiger partial charge in [-0.3, -0.25) is 10.1 Å². The predicted molar refractivity (Wildman–Crippen MR) is 108 cm³/mol. The van der Waals surface area contributed by atoms with Crippen LogP contribution in [0.3, 0.4) is 0 Å². The average molecular weight is 421 g/mol. The molecule has 0 aromatic carbocycles. The lowest BCUT2D eigenvalue weighted by molar-refractivity contribution is -0.117. The number of nitrogens with one attached hydrogen (secondary N) is 2. The molecule has 7 nitrogen and oxygen atoms in total. The fourth-order valence-corrected chi connectivity index (χ4v) is 5.45. The predicted octanol–water partition coefficient (Wildman–Crippen LogP) is 3.78. The monoisotopic (exact) mass is 420 g/mol. The van der Waals surface area contributed by atoms with Crippen molar-refractivity contribution in [3.05, 3.63) is 16.5 Å². The van der Waals surface area contributed by atoms with E-state index >= 15 is 0 Å². The summed E-state index contributed by atoms with van der Waals surface area (Å²) in [6.45, 7) is 2.28. The van der Waals surface area contributed by atoms with Gasteiger partial charge in [-0.15, -0.1) is 21.5 Å². The van der Waals surface area contributed by atoms with Crippen molar-refractivity contribution in [1.82, 2.24) is 20.8 Å². The molecule has 28 heavy (non-hydrogen) atoms. The highest BCUT2D eigenvalue weighted by Crippen LogP contribution is 2.37. The maximum atomic E-state index is 12.0. The molecule has 4 rings (SSSR count). The van der Waals surface area contributed by atoms with Crippen LogP contribution in [0.1, 0.15) is 49.5 Å². The van der Waals surface area contributed by atoms with Gasteiger partial charge in [0.15, 0.2) is 0 Å². The Morgan fingerprint density at radius 2 is 2.11 bits per heavy atom. The average Bonchev–Trinajstić information content (AvgIpc) is 3.39. The van der Waals surface area contributed by atoms with Crippen molar-refractivity contribution in [3.63, 3.8) is 0 Å². The molecule has 9 heteroatoms. The summed E-state index contributed by atoms with van der Waals surface area (Å²) in [5, 5.41) is 13.7. The third-order valence-electron chi connectivity index (χ3n) is 5.22. The molecule has 2 aliphatic rings. The third-order valence-corrected chi connectivity index (χ3v) is 7.26. The number of rotatable bonds is 5. The van der Waals surface area contributed by atoms with Crippen molar-refractivity contribution in [1.29, 1.82) is 0 Å². The minimum absolute atomic E-state index is 0.0537. The molecule has 0 bridgehead atoms. The number of nitrogens with zero attached hydrogens (tertiary/aromatic N) is 2. The number of imide groups is 1. The maximum Gasteiger partial charge on any atom is 0.321 e. The van der Waals surface area contributed by atoms with Gasteiger partial charge in [-0.1, -0.05) is 31.5 Å². The Kier molecular flexibility index (Phi) is 6.01. The number of amides is 3. The van der Waals surface area contributed by atoms with E-state index in [4.69, 9.17) is 4.42 Å². The van der Waals surface area contributed by atoms with Crippen LogP contribution in [-0.2, 0) is 17.6 Å². The summed E-state index contributed by atoms with van der Waals surface area (Å²) in [7, 11) is 0. The number of hydrogen-bond donors (Lipinski definition) is 2. The first-order valence-electron chi connectivity index (χ1n) is 9.75. The van der Waals surface area contributed by atoms with Gasteiger partial charge in [-0.25, -0.2) is 4.79 Å². The Labute approximate surface area is 172 Å². The van der Waals surface area contributed by atoms with Crippen molar-refractivity contribution in [2.24, 2.45) is 5.92 Å². The zero-order valence-corrected chi connectivity index (χ0v) is 17.5. The van der Waals surface area contributed by atoms with Gasteiger partial charge in [0.25, 0.3) is 11.1 Å². The van der Waals surface area contributed by atoms with Gasteiger partial charge in [0, 0.05) is 10.9 Å². The van der Waals surface area contributed by atoms with Gasteiger partial charge >= 0.3 is 6.03 Å². The smallest absolute Gasteiger partial charge is 0.321 e. The van der Waals surface area contributed by atoms with E-state index in [0.29, 0.717) is 17.0 Å². The summed E-state index contributed by atoms with van der Waals surface area (Å²) < 4.78 is 5.71. The Balaban J connectivity index is 1.28. The van der Waals surface area contributed by atoms with Crippen LogP contribution in [0.25, 0.3) is 10.8 Å². The van der Waals surface area contributed by atoms with E-state index in [1.165, 1.54) is 16.9 Å². The third kappa shape index (κ3) is 4.75. The summed E-state index contributed by atoms with van der Waals surface area (Å²) in [5.74, 6) is 0.890. The second-order valence-corrected chi connectivity index (χ2v) is 9.64. The first-order chi connectivity index (χ1) is 13.6. The van der Waals surface area contributed by atoms with Crippen LogP contribution in [0.15, 0.2) is 15.7 Å². The van der Waals surface area contributed by atoms with Crippen LogP contribution in [0.5, 0.6) is 0 Å². The molecule has 2 N–H and O–H groups in total. The molecular formula is C19H24N4O3S2. The minimum Gasteiger partial charge on any atom is -0.410 e. The molecule has 0 spiro atoms. The summed E-state index contributed by atoms with van der Waals surface area (Å²) >= 11 is 2.85. The number of carbonyl (C=O) groups excluding carboxylic acids is 2. The van der Waals surface area contributed by atoms with Gasteiger partial charge in [0.05, 0.1) is 10.6 Å². The van der Waals surface area contributed by atoms with E-state index in [1.54, 1.807) is 11.3 Å². The van der Waals surface area contributed by atoms with Crippen molar-refractivity contribution in [2.75, 3.05) is 5.75 Å². The second kappa shape index (κ2) is 8.65. The van der Waals surface area contributed by atoms with E-state index in [-0.39, 0.29) is 17.7 Å². The van der Waals surface area contributed by atoms with Crippen LogP contribution in [0.2, 0.25) is 0 Å². The molecular weight excluding hydrogens is 396 g/mol. The highest BCUT2D eigenvalue weighted by atomic mass is 32.2. The summed E-state index contributed by atoms with van der Waals surface area (Å²) in [6, 6.07) is 1.90. The molecule has 1 atom stereocenters. The van der Waals surface area contributed by atoms with Gasteiger partial charge in [0.2, 0.25) is 5.91 Å². The Morgan fingerprint density at radius 3 is 2.93 bits per heavy atom. The second-order valence-electron chi connectivity index (χ2n) is 7.57. The number of urea groups is 1. The Hall–Kier alpha value is -1.87. The van der Waals surface area contributed by atoms with Crippen molar-refractivity contribution in [2.45, 2.75) is 63.1 Å². The van der Waals surface area contributed by atoms with E-state index < -0.39 is 6.03 Å².